The Morgan fingerprint density at radius 3 is 2.58 bits per heavy atom. The lowest BCUT2D eigenvalue weighted by Crippen LogP contribution is -2.40. The molecule has 0 fully saturated rings. The summed E-state index contributed by atoms with van der Waals surface area (Å²) in [7, 11) is 2.08. The van der Waals surface area contributed by atoms with Crippen LogP contribution in [0.3, 0.4) is 0 Å². The zero-order valence-electron chi connectivity index (χ0n) is 12.5. The van der Waals surface area contributed by atoms with Crippen LogP contribution in [0.15, 0.2) is 24.3 Å². The summed E-state index contributed by atoms with van der Waals surface area (Å²) in [5.74, 6) is -0.105. The molecule has 3 heteroatoms. The van der Waals surface area contributed by atoms with Gasteiger partial charge in [-0.2, -0.15) is 0 Å². The molecule has 0 saturated heterocycles. The average molecular weight is 266 g/mol. The number of benzene rings is 1. The molecule has 1 atom stereocenters. The van der Waals surface area contributed by atoms with Crippen molar-refractivity contribution >= 4 is 0 Å². The van der Waals surface area contributed by atoms with Crippen LogP contribution < -0.4 is 5.32 Å². The molecule has 1 aromatic rings. The Hall–Kier alpha value is -0.930. The van der Waals surface area contributed by atoms with Crippen molar-refractivity contribution in [1.29, 1.82) is 0 Å². The van der Waals surface area contributed by atoms with Gasteiger partial charge in [-0.3, -0.25) is 4.90 Å². The molecule has 19 heavy (non-hydrogen) atoms. The quantitative estimate of drug-likeness (QED) is 0.689. The first-order valence-corrected chi connectivity index (χ1v) is 7.33. The van der Waals surface area contributed by atoms with Crippen LogP contribution in [-0.2, 0) is 6.54 Å². The molecule has 0 aliphatic rings. The lowest BCUT2D eigenvalue weighted by Gasteiger charge is -2.28. The second-order valence-electron chi connectivity index (χ2n) is 5.15. The Balaban J connectivity index is 2.55. The Bertz CT molecular complexity index is 354. The van der Waals surface area contributed by atoms with Gasteiger partial charge < -0.3 is 5.32 Å². The first kappa shape index (κ1) is 16.1. The zero-order chi connectivity index (χ0) is 14.1. The van der Waals surface area contributed by atoms with E-state index in [0.717, 1.165) is 37.9 Å². The Labute approximate surface area is 117 Å². The van der Waals surface area contributed by atoms with E-state index in [1.165, 1.54) is 6.07 Å². The van der Waals surface area contributed by atoms with Crippen LogP contribution in [0, 0.1) is 5.82 Å². The van der Waals surface area contributed by atoms with E-state index in [1.807, 2.05) is 12.1 Å². The molecule has 0 heterocycles. The molecular weight excluding hydrogens is 239 g/mol. The molecule has 2 nitrogen and oxygen atoms in total. The molecule has 0 radical (unpaired) electrons. The van der Waals surface area contributed by atoms with Gasteiger partial charge in [-0.05, 0) is 32.5 Å². The van der Waals surface area contributed by atoms with Crippen LogP contribution in [0.4, 0.5) is 4.39 Å². The van der Waals surface area contributed by atoms with Crippen molar-refractivity contribution in [3.63, 3.8) is 0 Å². The summed E-state index contributed by atoms with van der Waals surface area (Å²) in [5, 5.41) is 3.47. The van der Waals surface area contributed by atoms with Crippen molar-refractivity contribution in [3.05, 3.63) is 35.6 Å². The summed E-state index contributed by atoms with van der Waals surface area (Å²) < 4.78 is 13.7. The molecule has 0 spiro atoms. The largest absolute Gasteiger partial charge is 0.315 e. The lowest BCUT2D eigenvalue weighted by molar-refractivity contribution is 0.212. The van der Waals surface area contributed by atoms with Gasteiger partial charge in [0.2, 0.25) is 0 Å². The van der Waals surface area contributed by atoms with E-state index >= 15 is 0 Å². The summed E-state index contributed by atoms with van der Waals surface area (Å²) in [6, 6.07) is 7.51. The maximum absolute atomic E-state index is 13.7. The first-order chi connectivity index (χ1) is 9.19. The van der Waals surface area contributed by atoms with Crippen molar-refractivity contribution in [2.75, 3.05) is 20.1 Å². The van der Waals surface area contributed by atoms with Gasteiger partial charge in [0.25, 0.3) is 0 Å². The maximum Gasteiger partial charge on any atom is 0.127 e. The van der Waals surface area contributed by atoms with E-state index in [1.54, 1.807) is 6.07 Å². The van der Waals surface area contributed by atoms with Gasteiger partial charge in [0.1, 0.15) is 5.82 Å². The van der Waals surface area contributed by atoms with Gasteiger partial charge >= 0.3 is 0 Å². The van der Waals surface area contributed by atoms with Crippen molar-refractivity contribution in [2.45, 2.75) is 45.7 Å². The second-order valence-corrected chi connectivity index (χ2v) is 5.15. The number of hydrogen-bond acceptors (Lipinski definition) is 2. The van der Waals surface area contributed by atoms with E-state index in [4.69, 9.17) is 0 Å². The van der Waals surface area contributed by atoms with Crippen molar-refractivity contribution in [1.82, 2.24) is 10.2 Å². The minimum atomic E-state index is -0.105. The van der Waals surface area contributed by atoms with Crippen molar-refractivity contribution in [3.8, 4) is 0 Å². The monoisotopic (exact) mass is 266 g/mol. The normalized spacial score (nSPS) is 12.9. The van der Waals surface area contributed by atoms with Gasteiger partial charge in [0, 0.05) is 24.7 Å². The molecule has 1 unspecified atom stereocenters. The summed E-state index contributed by atoms with van der Waals surface area (Å²) in [4.78, 5) is 2.25. The summed E-state index contributed by atoms with van der Waals surface area (Å²) >= 11 is 0. The molecule has 0 saturated carbocycles. The van der Waals surface area contributed by atoms with Crippen molar-refractivity contribution in [2.24, 2.45) is 0 Å². The molecule has 0 aliphatic heterocycles. The van der Waals surface area contributed by atoms with E-state index < -0.39 is 0 Å². The molecule has 0 amide bonds. The number of halogens is 1. The highest BCUT2D eigenvalue weighted by Gasteiger charge is 2.15. The Kier molecular flexibility index (Phi) is 7.68. The smallest absolute Gasteiger partial charge is 0.127 e. The third-order valence-corrected chi connectivity index (χ3v) is 3.43. The lowest BCUT2D eigenvalue weighted by atomic mass is 10.1. The highest BCUT2D eigenvalue weighted by atomic mass is 19.1. The third kappa shape index (κ3) is 5.70. The topological polar surface area (TPSA) is 15.3 Å². The SMILES string of the molecule is CCCNCC(CCC)N(C)Cc1ccccc1F. The summed E-state index contributed by atoms with van der Waals surface area (Å²) in [5.41, 5.74) is 0.779. The fraction of sp³-hybridized carbons (Fsp3) is 0.625. The van der Waals surface area contributed by atoms with Gasteiger partial charge in [-0.1, -0.05) is 38.5 Å². The minimum Gasteiger partial charge on any atom is -0.315 e. The van der Waals surface area contributed by atoms with Gasteiger partial charge in [-0.25, -0.2) is 4.39 Å². The second kappa shape index (κ2) is 9.05. The number of likely N-dealkylation sites (N-methyl/N-ethyl adjacent to an activating group) is 1. The van der Waals surface area contributed by atoms with Gasteiger partial charge in [0.05, 0.1) is 0 Å². The fourth-order valence-electron chi connectivity index (χ4n) is 2.28. The molecule has 1 rings (SSSR count). The zero-order valence-corrected chi connectivity index (χ0v) is 12.5. The number of rotatable bonds is 9. The summed E-state index contributed by atoms with van der Waals surface area (Å²) in [6.07, 6.45) is 3.44. The van der Waals surface area contributed by atoms with Gasteiger partial charge in [-0.15, -0.1) is 0 Å². The number of nitrogens with zero attached hydrogens (tertiary/aromatic N) is 1. The Morgan fingerprint density at radius 2 is 1.95 bits per heavy atom. The fourth-order valence-corrected chi connectivity index (χ4v) is 2.28. The molecule has 0 bridgehead atoms. The molecule has 0 aliphatic carbocycles. The predicted molar refractivity (Wildman–Crippen MR) is 79.7 cm³/mol. The molecular formula is C16H27FN2. The molecule has 1 aromatic carbocycles. The highest BCUT2D eigenvalue weighted by molar-refractivity contribution is 5.17. The highest BCUT2D eigenvalue weighted by Crippen LogP contribution is 2.13. The molecule has 108 valence electrons. The third-order valence-electron chi connectivity index (χ3n) is 3.43. The van der Waals surface area contributed by atoms with Crippen LogP contribution in [0.5, 0.6) is 0 Å². The van der Waals surface area contributed by atoms with Crippen LogP contribution in [-0.4, -0.2) is 31.1 Å². The average Bonchev–Trinajstić information content (AvgIpc) is 2.40. The van der Waals surface area contributed by atoms with E-state index in [2.05, 4.69) is 31.1 Å². The first-order valence-electron chi connectivity index (χ1n) is 7.33. The predicted octanol–water partition coefficient (Wildman–Crippen LogP) is 3.43. The van der Waals surface area contributed by atoms with Crippen LogP contribution in [0.1, 0.15) is 38.7 Å². The van der Waals surface area contributed by atoms with Crippen molar-refractivity contribution < 1.29 is 4.39 Å². The van der Waals surface area contributed by atoms with Crippen LogP contribution in [0.2, 0.25) is 0 Å². The number of nitrogens with one attached hydrogen (secondary N) is 1. The van der Waals surface area contributed by atoms with E-state index in [9.17, 15) is 4.39 Å². The van der Waals surface area contributed by atoms with Crippen LogP contribution >= 0.6 is 0 Å². The minimum absolute atomic E-state index is 0.105. The molecule has 0 aromatic heterocycles. The van der Waals surface area contributed by atoms with Crippen LogP contribution in [0.25, 0.3) is 0 Å². The van der Waals surface area contributed by atoms with E-state index in [0.29, 0.717) is 12.6 Å². The Morgan fingerprint density at radius 1 is 1.21 bits per heavy atom. The summed E-state index contributed by atoms with van der Waals surface area (Å²) in [6.45, 7) is 7.07. The van der Waals surface area contributed by atoms with E-state index in [-0.39, 0.29) is 5.82 Å². The van der Waals surface area contributed by atoms with Gasteiger partial charge in [0.15, 0.2) is 0 Å². The maximum atomic E-state index is 13.7. The molecule has 1 N–H and O–H groups in total. The standard InChI is InChI=1S/C16H27FN2/c1-4-8-15(12-18-11-5-2)19(3)13-14-9-6-7-10-16(14)17/h6-7,9-10,15,18H,4-5,8,11-13H2,1-3H3. The number of hydrogen-bond donors (Lipinski definition) is 1.